The van der Waals surface area contributed by atoms with E-state index < -0.39 is 0 Å². The molecule has 0 bridgehead atoms. The van der Waals surface area contributed by atoms with Gasteiger partial charge in [0.05, 0.1) is 6.42 Å². The number of carbonyl (C=O) groups excluding carboxylic acids is 1. The number of nitrogens with one attached hydrogen (secondary N) is 1. The molecule has 0 spiro atoms. The second kappa shape index (κ2) is 6.32. The highest BCUT2D eigenvalue weighted by Crippen LogP contribution is 2.29. The van der Waals surface area contributed by atoms with Crippen LogP contribution in [0.3, 0.4) is 0 Å². The van der Waals surface area contributed by atoms with Crippen LogP contribution in [0.25, 0.3) is 0 Å². The van der Waals surface area contributed by atoms with Crippen molar-refractivity contribution in [2.45, 2.75) is 19.3 Å². The lowest BCUT2D eigenvalue weighted by Gasteiger charge is -2.13. The van der Waals surface area contributed by atoms with E-state index in [9.17, 15) is 4.79 Å². The van der Waals surface area contributed by atoms with Crippen LogP contribution in [-0.2, 0) is 24.1 Å². The van der Waals surface area contributed by atoms with Crippen LogP contribution in [0.15, 0.2) is 72.8 Å². The Morgan fingerprint density at radius 2 is 1.29 bits per heavy atom. The minimum atomic E-state index is 0.0903. The molecule has 2 heteroatoms. The SMILES string of the molecule is O=C1Cc2cc(Cc3ccccc3)c(Cc3ccccc3)cc2N1. The molecule has 24 heavy (non-hydrogen) atoms. The minimum Gasteiger partial charge on any atom is -0.326 e. The number of hydrogen-bond acceptors (Lipinski definition) is 1. The van der Waals surface area contributed by atoms with Crippen LogP contribution in [0.5, 0.6) is 0 Å². The molecule has 0 saturated heterocycles. The maximum Gasteiger partial charge on any atom is 0.228 e. The fourth-order valence-electron chi connectivity index (χ4n) is 3.33. The smallest absolute Gasteiger partial charge is 0.228 e. The van der Waals surface area contributed by atoms with Crippen molar-refractivity contribution >= 4 is 11.6 Å². The molecule has 3 aromatic rings. The third-order valence-electron chi connectivity index (χ3n) is 4.53. The van der Waals surface area contributed by atoms with Crippen LogP contribution >= 0.6 is 0 Å². The highest BCUT2D eigenvalue weighted by molar-refractivity contribution is 5.99. The monoisotopic (exact) mass is 313 g/mol. The third-order valence-corrected chi connectivity index (χ3v) is 4.53. The van der Waals surface area contributed by atoms with Gasteiger partial charge in [0.25, 0.3) is 0 Å². The number of fused-ring (bicyclic) bond motifs is 1. The zero-order valence-corrected chi connectivity index (χ0v) is 13.5. The van der Waals surface area contributed by atoms with E-state index in [1.807, 2.05) is 12.1 Å². The van der Waals surface area contributed by atoms with Crippen molar-refractivity contribution in [3.05, 3.63) is 101 Å². The lowest BCUT2D eigenvalue weighted by molar-refractivity contribution is -0.115. The van der Waals surface area contributed by atoms with Gasteiger partial charge in [0.1, 0.15) is 0 Å². The number of rotatable bonds is 4. The Morgan fingerprint density at radius 3 is 1.88 bits per heavy atom. The van der Waals surface area contributed by atoms with Crippen LogP contribution in [-0.4, -0.2) is 5.91 Å². The maximum absolute atomic E-state index is 11.7. The molecule has 0 aromatic heterocycles. The van der Waals surface area contributed by atoms with Crippen molar-refractivity contribution in [2.24, 2.45) is 0 Å². The highest BCUT2D eigenvalue weighted by atomic mass is 16.1. The van der Waals surface area contributed by atoms with Crippen molar-refractivity contribution in [2.75, 3.05) is 5.32 Å². The molecule has 118 valence electrons. The summed E-state index contributed by atoms with van der Waals surface area (Å²) in [5, 5.41) is 2.98. The Kier molecular flexibility index (Phi) is 3.87. The summed E-state index contributed by atoms with van der Waals surface area (Å²) in [6, 6.07) is 25.3. The first kappa shape index (κ1) is 14.7. The van der Waals surface area contributed by atoms with Crippen LogP contribution < -0.4 is 5.32 Å². The van der Waals surface area contributed by atoms with Gasteiger partial charge in [0.15, 0.2) is 0 Å². The summed E-state index contributed by atoms with van der Waals surface area (Å²) in [6.07, 6.45) is 2.26. The second-order valence-electron chi connectivity index (χ2n) is 6.33. The number of benzene rings is 3. The fraction of sp³-hybridized carbons (Fsp3) is 0.136. The van der Waals surface area contributed by atoms with Crippen LogP contribution in [0.1, 0.15) is 27.8 Å². The van der Waals surface area contributed by atoms with Gasteiger partial charge in [-0.1, -0.05) is 66.7 Å². The summed E-state index contributed by atoms with van der Waals surface area (Å²) in [5.41, 5.74) is 7.26. The van der Waals surface area contributed by atoms with Crippen molar-refractivity contribution in [1.29, 1.82) is 0 Å². The zero-order chi connectivity index (χ0) is 16.4. The van der Waals surface area contributed by atoms with Gasteiger partial charge in [0.2, 0.25) is 5.91 Å². The van der Waals surface area contributed by atoms with E-state index in [-0.39, 0.29) is 5.91 Å². The molecule has 1 amide bonds. The Morgan fingerprint density at radius 1 is 0.750 bits per heavy atom. The molecule has 0 aliphatic carbocycles. The molecule has 0 atom stereocenters. The number of amides is 1. The van der Waals surface area contributed by atoms with Gasteiger partial charge in [-0.25, -0.2) is 0 Å². The molecular weight excluding hydrogens is 294 g/mol. The highest BCUT2D eigenvalue weighted by Gasteiger charge is 2.20. The molecule has 0 radical (unpaired) electrons. The first-order chi connectivity index (χ1) is 11.8. The predicted octanol–water partition coefficient (Wildman–Crippen LogP) is 4.36. The summed E-state index contributed by atoms with van der Waals surface area (Å²) in [5.74, 6) is 0.0903. The van der Waals surface area contributed by atoms with Gasteiger partial charge in [-0.3, -0.25) is 4.79 Å². The number of anilines is 1. The standard InChI is InChI=1S/C22H19NO/c24-22-15-20-13-18(11-16-7-3-1-4-8-16)19(14-21(20)23-22)12-17-9-5-2-6-10-17/h1-10,13-14H,11-12,15H2,(H,23,24). The molecule has 1 aliphatic rings. The quantitative estimate of drug-likeness (QED) is 0.761. The first-order valence-electron chi connectivity index (χ1n) is 8.30. The Balaban J connectivity index is 1.72. The van der Waals surface area contributed by atoms with E-state index in [2.05, 4.69) is 66.0 Å². The van der Waals surface area contributed by atoms with Crippen LogP contribution in [0, 0.1) is 0 Å². The molecule has 0 fully saturated rings. The molecule has 0 unspecified atom stereocenters. The average Bonchev–Trinajstić information content (AvgIpc) is 2.96. The van der Waals surface area contributed by atoms with E-state index in [1.54, 1.807) is 0 Å². The third kappa shape index (κ3) is 3.09. The summed E-state index contributed by atoms with van der Waals surface area (Å²) >= 11 is 0. The van der Waals surface area contributed by atoms with Crippen molar-refractivity contribution in [3.8, 4) is 0 Å². The predicted molar refractivity (Wildman–Crippen MR) is 97.3 cm³/mol. The van der Waals surface area contributed by atoms with Crippen molar-refractivity contribution in [3.63, 3.8) is 0 Å². The maximum atomic E-state index is 11.7. The van der Waals surface area contributed by atoms with Gasteiger partial charge in [-0.15, -0.1) is 0 Å². The summed E-state index contributed by atoms with van der Waals surface area (Å²) in [6.45, 7) is 0. The normalized spacial score (nSPS) is 12.8. The topological polar surface area (TPSA) is 29.1 Å². The molecule has 3 aromatic carbocycles. The fourth-order valence-corrected chi connectivity index (χ4v) is 3.33. The summed E-state index contributed by atoms with van der Waals surface area (Å²) in [7, 11) is 0. The van der Waals surface area contributed by atoms with Crippen LogP contribution in [0.4, 0.5) is 5.69 Å². The molecule has 1 N–H and O–H groups in total. The van der Waals surface area contributed by atoms with E-state index in [4.69, 9.17) is 0 Å². The second-order valence-corrected chi connectivity index (χ2v) is 6.33. The molecule has 2 nitrogen and oxygen atoms in total. The number of carbonyl (C=O) groups is 1. The van der Waals surface area contributed by atoms with Crippen molar-refractivity contribution in [1.82, 2.24) is 0 Å². The van der Waals surface area contributed by atoms with Gasteiger partial charge in [0, 0.05) is 5.69 Å². The zero-order valence-electron chi connectivity index (χ0n) is 13.5. The Labute approximate surface area is 142 Å². The molecule has 1 heterocycles. The van der Waals surface area contributed by atoms with Gasteiger partial charge in [-0.2, -0.15) is 0 Å². The molecule has 0 saturated carbocycles. The largest absolute Gasteiger partial charge is 0.326 e. The lowest BCUT2D eigenvalue weighted by Crippen LogP contribution is -2.03. The van der Waals surface area contributed by atoms with E-state index in [0.29, 0.717) is 6.42 Å². The molecule has 4 rings (SSSR count). The molecular formula is C22H19NO. The van der Waals surface area contributed by atoms with Crippen LogP contribution in [0.2, 0.25) is 0 Å². The Bertz CT molecular complexity index is 797. The van der Waals surface area contributed by atoms with Crippen molar-refractivity contribution < 1.29 is 4.79 Å². The van der Waals surface area contributed by atoms with Gasteiger partial charge in [-0.05, 0) is 46.7 Å². The number of hydrogen-bond donors (Lipinski definition) is 1. The van der Waals surface area contributed by atoms with E-state index >= 15 is 0 Å². The molecule has 1 aliphatic heterocycles. The summed E-state index contributed by atoms with van der Waals surface area (Å²) < 4.78 is 0. The van der Waals surface area contributed by atoms with Gasteiger partial charge >= 0.3 is 0 Å². The minimum absolute atomic E-state index is 0.0903. The van der Waals surface area contributed by atoms with Gasteiger partial charge < -0.3 is 5.32 Å². The van der Waals surface area contributed by atoms with E-state index in [1.165, 1.54) is 22.3 Å². The average molecular weight is 313 g/mol. The Hall–Kier alpha value is -2.87. The first-order valence-corrected chi connectivity index (χ1v) is 8.30. The summed E-state index contributed by atoms with van der Waals surface area (Å²) in [4.78, 5) is 11.7. The van der Waals surface area contributed by atoms with E-state index in [0.717, 1.165) is 24.1 Å². The lowest BCUT2D eigenvalue weighted by atomic mass is 9.92.